The second-order valence-electron chi connectivity index (χ2n) is 6.66. The molecule has 0 bridgehead atoms. The lowest BCUT2D eigenvalue weighted by atomic mass is 10.0. The second-order valence-corrected chi connectivity index (χ2v) is 6.66. The van der Waals surface area contributed by atoms with Crippen LogP contribution in [0, 0.1) is 13.8 Å². The number of carbonyl (C=O) groups excluding carboxylic acids is 1. The first-order valence-corrected chi connectivity index (χ1v) is 8.45. The van der Waals surface area contributed by atoms with Gasteiger partial charge in [-0.2, -0.15) is 13.2 Å². The normalized spacial score (nSPS) is 18.1. The SMILES string of the molecule is Cc1cc(CN(C)C(=O)C2CCCCN2)cc(C)c1OCC(F)(F)F. The van der Waals surface area contributed by atoms with Crippen LogP contribution in [0.15, 0.2) is 12.1 Å². The summed E-state index contributed by atoms with van der Waals surface area (Å²) in [5.41, 5.74) is 2.15. The van der Waals surface area contributed by atoms with E-state index in [1.807, 2.05) is 0 Å². The van der Waals surface area contributed by atoms with Crippen LogP contribution in [0.5, 0.6) is 5.75 Å². The maximum Gasteiger partial charge on any atom is 0.422 e. The fourth-order valence-electron chi connectivity index (χ4n) is 3.19. The van der Waals surface area contributed by atoms with Crippen molar-refractivity contribution in [2.24, 2.45) is 0 Å². The van der Waals surface area contributed by atoms with Gasteiger partial charge in [0, 0.05) is 13.6 Å². The van der Waals surface area contributed by atoms with Crippen LogP contribution in [-0.4, -0.2) is 43.2 Å². The quantitative estimate of drug-likeness (QED) is 0.878. The molecule has 1 saturated heterocycles. The molecule has 1 atom stereocenters. The van der Waals surface area contributed by atoms with Gasteiger partial charge in [0.25, 0.3) is 0 Å². The van der Waals surface area contributed by atoms with Crippen molar-refractivity contribution in [3.63, 3.8) is 0 Å². The Bertz CT molecular complexity index is 588. The minimum absolute atomic E-state index is 0.0485. The number of hydrogen-bond donors (Lipinski definition) is 1. The van der Waals surface area contributed by atoms with E-state index in [9.17, 15) is 18.0 Å². The van der Waals surface area contributed by atoms with Crippen LogP contribution in [-0.2, 0) is 11.3 Å². The highest BCUT2D eigenvalue weighted by molar-refractivity contribution is 5.81. The summed E-state index contributed by atoms with van der Waals surface area (Å²) in [6.07, 6.45) is -1.39. The molecule has 1 aliphatic rings. The summed E-state index contributed by atoms with van der Waals surface area (Å²) in [5.74, 6) is 0.302. The number of nitrogens with zero attached hydrogens (tertiary/aromatic N) is 1. The van der Waals surface area contributed by atoms with Gasteiger partial charge < -0.3 is 15.0 Å². The molecule has 1 N–H and O–H groups in total. The predicted octanol–water partition coefficient (Wildman–Crippen LogP) is 3.35. The van der Waals surface area contributed by atoms with Crippen molar-refractivity contribution < 1.29 is 22.7 Å². The van der Waals surface area contributed by atoms with Crippen LogP contribution in [0.1, 0.15) is 36.0 Å². The van der Waals surface area contributed by atoms with Crippen molar-refractivity contribution in [2.75, 3.05) is 20.2 Å². The summed E-state index contributed by atoms with van der Waals surface area (Å²) in [6, 6.07) is 3.41. The molecule has 140 valence electrons. The summed E-state index contributed by atoms with van der Waals surface area (Å²) in [5, 5.41) is 3.23. The van der Waals surface area contributed by atoms with E-state index in [1.54, 1.807) is 37.9 Å². The molecule has 25 heavy (non-hydrogen) atoms. The van der Waals surface area contributed by atoms with Gasteiger partial charge in [-0.3, -0.25) is 4.79 Å². The van der Waals surface area contributed by atoms with Crippen LogP contribution in [0.25, 0.3) is 0 Å². The van der Waals surface area contributed by atoms with Crippen molar-refractivity contribution in [3.05, 3.63) is 28.8 Å². The van der Waals surface area contributed by atoms with Crippen molar-refractivity contribution in [1.29, 1.82) is 0 Å². The number of ether oxygens (including phenoxy) is 1. The molecule has 1 unspecified atom stereocenters. The molecule has 2 rings (SSSR count). The monoisotopic (exact) mass is 358 g/mol. The molecular weight excluding hydrogens is 333 g/mol. The first kappa shape index (κ1) is 19.6. The molecule has 4 nitrogen and oxygen atoms in total. The Morgan fingerprint density at radius 3 is 2.44 bits per heavy atom. The van der Waals surface area contributed by atoms with E-state index in [1.165, 1.54) is 0 Å². The van der Waals surface area contributed by atoms with Crippen LogP contribution in [0.4, 0.5) is 13.2 Å². The third-order valence-electron chi connectivity index (χ3n) is 4.30. The Morgan fingerprint density at radius 1 is 1.28 bits per heavy atom. The number of hydrogen-bond acceptors (Lipinski definition) is 3. The zero-order valence-corrected chi connectivity index (χ0v) is 14.9. The van der Waals surface area contributed by atoms with Crippen LogP contribution < -0.4 is 10.1 Å². The second kappa shape index (κ2) is 8.08. The molecule has 0 spiro atoms. The van der Waals surface area contributed by atoms with E-state index in [0.29, 0.717) is 17.7 Å². The van der Waals surface area contributed by atoms with E-state index in [2.05, 4.69) is 5.32 Å². The van der Waals surface area contributed by atoms with Crippen LogP contribution in [0.3, 0.4) is 0 Å². The zero-order valence-electron chi connectivity index (χ0n) is 14.9. The smallest absolute Gasteiger partial charge is 0.422 e. The maximum atomic E-state index is 12.5. The molecule has 1 aromatic carbocycles. The number of benzene rings is 1. The number of nitrogens with one attached hydrogen (secondary N) is 1. The van der Waals surface area contributed by atoms with Gasteiger partial charge in [0.1, 0.15) is 5.75 Å². The van der Waals surface area contributed by atoms with Gasteiger partial charge in [0.05, 0.1) is 6.04 Å². The van der Waals surface area contributed by atoms with E-state index >= 15 is 0 Å². The lowest BCUT2D eigenvalue weighted by Crippen LogP contribution is -2.47. The average Bonchev–Trinajstić information content (AvgIpc) is 2.53. The maximum absolute atomic E-state index is 12.5. The number of piperidine rings is 1. The number of halogens is 3. The number of rotatable bonds is 5. The first-order chi connectivity index (χ1) is 11.7. The summed E-state index contributed by atoms with van der Waals surface area (Å²) < 4.78 is 42.0. The van der Waals surface area contributed by atoms with E-state index in [-0.39, 0.29) is 17.7 Å². The third-order valence-corrected chi connectivity index (χ3v) is 4.30. The topological polar surface area (TPSA) is 41.6 Å². The highest BCUT2D eigenvalue weighted by atomic mass is 19.4. The number of amides is 1. The van der Waals surface area contributed by atoms with Crippen molar-refractivity contribution in [2.45, 2.75) is 51.9 Å². The summed E-state index contributed by atoms with van der Waals surface area (Å²) in [7, 11) is 1.75. The lowest BCUT2D eigenvalue weighted by Gasteiger charge is -2.27. The minimum Gasteiger partial charge on any atom is -0.484 e. The largest absolute Gasteiger partial charge is 0.484 e. The molecule has 1 fully saturated rings. The van der Waals surface area contributed by atoms with Gasteiger partial charge in [-0.05, 0) is 49.9 Å². The molecule has 0 aromatic heterocycles. The Hall–Kier alpha value is -1.76. The molecule has 1 aliphatic heterocycles. The van der Waals surface area contributed by atoms with E-state index < -0.39 is 12.8 Å². The molecule has 1 aromatic rings. The van der Waals surface area contributed by atoms with Gasteiger partial charge in [0.2, 0.25) is 5.91 Å². The predicted molar refractivity (Wildman–Crippen MR) is 89.6 cm³/mol. The molecule has 1 amide bonds. The Kier molecular flexibility index (Phi) is 6.32. The average molecular weight is 358 g/mol. The van der Waals surface area contributed by atoms with Crippen molar-refractivity contribution in [1.82, 2.24) is 10.2 Å². The Morgan fingerprint density at radius 2 is 1.92 bits per heavy atom. The summed E-state index contributed by atoms with van der Waals surface area (Å²) >= 11 is 0. The highest BCUT2D eigenvalue weighted by Crippen LogP contribution is 2.27. The van der Waals surface area contributed by atoms with Gasteiger partial charge in [-0.15, -0.1) is 0 Å². The fraction of sp³-hybridized carbons (Fsp3) is 0.611. The zero-order chi connectivity index (χ0) is 18.6. The number of likely N-dealkylation sites (N-methyl/N-ethyl adjacent to an activating group) is 1. The van der Waals surface area contributed by atoms with Crippen molar-refractivity contribution >= 4 is 5.91 Å². The molecule has 0 saturated carbocycles. The Labute approximate surface area is 146 Å². The number of alkyl halides is 3. The van der Waals surface area contributed by atoms with Gasteiger partial charge in [-0.1, -0.05) is 18.6 Å². The number of carbonyl (C=O) groups is 1. The highest BCUT2D eigenvalue weighted by Gasteiger charge is 2.29. The standard InChI is InChI=1S/C18H25F3N2O2/c1-12-8-14(9-13(2)16(12)25-11-18(19,20)21)10-23(3)17(24)15-6-4-5-7-22-15/h8-9,15,22H,4-7,10-11H2,1-3H3. The fourth-order valence-corrected chi connectivity index (χ4v) is 3.19. The summed E-state index contributed by atoms with van der Waals surface area (Å²) in [4.78, 5) is 14.1. The molecule has 0 radical (unpaired) electrons. The number of aryl methyl sites for hydroxylation is 2. The molecule has 1 heterocycles. The third kappa shape index (κ3) is 5.63. The molecule has 7 heteroatoms. The van der Waals surface area contributed by atoms with Gasteiger partial charge in [0.15, 0.2) is 6.61 Å². The van der Waals surface area contributed by atoms with Crippen LogP contribution >= 0.6 is 0 Å². The van der Waals surface area contributed by atoms with Gasteiger partial charge in [-0.25, -0.2) is 0 Å². The molecule has 0 aliphatic carbocycles. The Balaban J connectivity index is 2.03. The molecular formula is C18H25F3N2O2. The van der Waals surface area contributed by atoms with E-state index in [4.69, 9.17) is 4.74 Å². The van der Waals surface area contributed by atoms with Gasteiger partial charge >= 0.3 is 6.18 Å². The van der Waals surface area contributed by atoms with E-state index in [0.717, 1.165) is 31.4 Å². The van der Waals surface area contributed by atoms with Crippen LogP contribution in [0.2, 0.25) is 0 Å². The summed E-state index contributed by atoms with van der Waals surface area (Å²) in [6.45, 7) is 3.39. The first-order valence-electron chi connectivity index (χ1n) is 8.45. The minimum atomic E-state index is -4.36. The lowest BCUT2D eigenvalue weighted by molar-refractivity contribution is -0.153. The van der Waals surface area contributed by atoms with Crippen molar-refractivity contribution in [3.8, 4) is 5.75 Å².